The summed E-state index contributed by atoms with van der Waals surface area (Å²) in [5, 5.41) is 0. The van der Waals surface area contributed by atoms with Gasteiger partial charge in [-0.3, -0.25) is 4.79 Å². The number of nitrogens with one attached hydrogen (secondary N) is 1. The van der Waals surface area contributed by atoms with Crippen molar-refractivity contribution in [3.63, 3.8) is 0 Å². The average molecular weight is 578 g/mol. The first-order valence-electron chi connectivity index (χ1n) is 13.7. The summed E-state index contributed by atoms with van der Waals surface area (Å²) in [6.45, 7) is 8.12. The van der Waals surface area contributed by atoms with Crippen molar-refractivity contribution in [3.8, 4) is 22.5 Å². The topological polar surface area (TPSA) is 101 Å². The van der Waals surface area contributed by atoms with Crippen LogP contribution in [0.1, 0.15) is 44.4 Å². The van der Waals surface area contributed by atoms with Gasteiger partial charge in [0.25, 0.3) is 10.0 Å². The molecule has 0 saturated carbocycles. The molecule has 2 aromatic heterocycles. The van der Waals surface area contributed by atoms with E-state index >= 15 is 0 Å². The van der Waals surface area contributed by atoms with E-state index in [1.165, 1.54) is 17.3 Å². The van der Waals surface area contributed by atoms with Crippen molar-refractivity contribution in [2.24, 2.45) is 0 Å². The summed E-state index contributed by atoms with van der Waals surface area (Å²) in [4.78, 5) is 27.7. The maximum atomic E-state index is 13.2. The first kappa shape index (κ1) is 27.4. The number of hydrogen-bond donors (Lipinski definition) is 1. The molecule has 0 saturated heterocycles. The van der Waals surface area contributed by atoms with Crippen molar-refractivity contribution in [1.29, 1.82) is 0 Å². The molecule has 1 N–H and O–H groups in total. The molecule has 9 heteroatoms. The fourth-order valence-corrected chi connectivity index (χ4v) is 6.46. The second kappa shape index (κ2) is 10.6. The monoisotopic (exact) mass is 577 g/mol. The maximum Gasteiger partial charge on any atom is 0.269 e. The predicted octanol–water partition coefficient (Wildman–Crippen LogP) is 6.08. The summed E-state index contributed by atoms with van der Waals surface area (Å²) in [6, 6.07) is 21.4. The van der Waals surface area contributed by atoms with Gasteiger partial charge in [-0.05, 0) is 62.6 Å². The van der Waals surface area contributed by atoms with Crippen LogP contribution in [0.4, 0.5) is 0 Å². The van der Waals surface area contributed by atoms with E-state index in [1.807, 2.05) is 24.1 Å². The smallest absolute Gasteiger partial charge is 0.269 e. The van der Waals surface area contributed by atoms with Crippen LogP contribution < -0.4 is 0 Å². The molecule has 1 aliphatic rings. The third-order valence-electron chi connectivity index (χ3n) is 7.53. The zero-order valence-corrected chi connectivity index (χ0v) is 24.7. The number of aryl methyl sites for hydroxylation is 4. The molecule has 0 aliphatic carbocycles. The van der Waals surface area contributed by atoms with E-state index < -0.39 is 10.0 Å². The van der Waals surface area contributed by atoms with Crippen LogP contribution in [0.2, 0.25) is 0 Å². The second-order valence-corrected chi connectivity index (χ2v) is 12.6. The van der Waals surface area contributed by atoms with Crippen LogP contribution in [-0.4, -0.2) is 44.6 Å². The number of imidazole rings is 2. The van der Waals surface area contributed by atoms with E-state index in [1.54, 1.807) is 31.2 Å². The van der Waals surface area contributed by atoms with Crippen LogP contribution in [0.5, 0.6) is 0 Å². The highest BCUT2D eigenvalue weighted by Crippen LogP contribution is 2.29. The molecule has 0 amide bonds. The molecule has 42 heavy (non-hydrogen) atoms. The number of fused-ring (bicyclic) bond motifs is 1. The Kier molecular flexibility index (Phi) is 6.90. The van der Waals surface area contributed by atoms with E-state index in [2.05, 4.69) is 66.3 Å². The van der Waals surface area contributed by atoms with Gasteiger partial charge >= 0.3 is 0 Å². The highest BCUT2D eigenvalue weighted by molar-refractivity contribution is 7.90. The Balaban J connectivity index is 1.17. The molecule has 1 aliphatic heterocycles. The molecule has 0 spiro atoms. The highest BCUT2D eigenvalue weighted by atomic mass is 32.2. The molecule has 0 fully saturated rings. The molecule has 3 heterocycles. The quantitative estimate of drug-likeness (QED) is 0.235. The summed E-state index contributed by atoms with van der Waals surface area (Å²) >= 11 is 0. The number of rotatable bonds is 7. The van der Waals surface area contributed by atoms with Crippen molar-refractivity contribution in [3.05, 3.63) is 119 Å². The predicted molar refractivity (Wildman–Crippen MR) is 163 cm³/mol. The molecule has 3 aromatic carbocycles. The van der Waals surface area contributed by atoms with E-state index in [0.29, 0.717) is 6.54 Å². The lowest BCUT2D eigenvalue weighted by molar-refractivity contribution is 0.0947. The van der Waals surface area contributed by atoms with Crippen molar-refractivity contribution >= 4 is 21.9 Å². The van der Waals surface area contributed by atoms with Gasteiger partial charge in [-0.15, -0.1) is 0 Å². The van der Waals surface area contributed by atoms with Gasteiger partial charge in [0.2, 0.25) is 5.78 Å². The fourth-order valence-electron chi connectivity index (χ4n) is 5.12. The van der Waals surface area contributed by atoms with Crippen LogP contribution in [0.25, 0.3) is 28.6 Å². The van der Waals surface area contributed by atoms with Gasteiger partial charge in [0.1, 0.15) is 17.3 Å². The number of carbonyl (C=O) groups excluding carboxylic acids is 1. The summed E-state index contributed by atoms with van der Waals surface area (Å²) in [7, 11) is -3.86. The number of Topliss-reactive ketones (excluding diaryl/α,β-unsaturated/α-hetero) is 1. The number of carbonyl (C=O) groups is 1. The average Bonchev–Trinajstić information content (AvgIpc) is 3.57. The van der Waals surface area contributed by atoms with E-state index in [9.17, 15) is 13.2 Å². The van der Waals surface area contributed by atoms with Gasteiger partial charge in [0.05, 0.1) is 35.6 Å². The molecule has 0 unspecified atom stereocenters. The molecular weight excluding hydrogens is 546 g/mol. The number of H-pyrrole nitrogens is 1. The van der Waals surface area contributed by atoms with Crippen LogP contribution in [0.15, 0.2) is 84.0 Å². The van der Waals surface area contributed by atoms with Crippen LogP contribution in [0.3, 0.4) is 0 Å². The van der Waals surface area contributed by atoms with E-state index in [0.717, 1.165) is 43.4 Å². The van der Waals surface area contributed by atoms with Crippen LogP contribution in [0, 0.1) is 27.7 Å². The van der Waals surface area contributed by atoms with Crippen molar-refractivity contribution < 1.29 is 13.2 Å². The standard InChI is InChI=1S/C33H31N5O3S/c1-21-5-9-25(10-6-21)26-11-14-28(23(3)17-26)33-35-29-15-16-37(18-30(29)36-33)20-32(39)31-19-38(24(4)34-31)42(40,41)27-12-7-22(2)8-13-27/h5-17,19H,18,20H2,1-4H3,(H,35,36). The maximum absolute atomic E-state index is 13.2. The van der Waals surface area contributed by atoms with Gasteiger partial charge in [-0.2, -0.15) is 0 Å². The van der Waals surface area contributed by atoms with E-state index in [-0.39, 0.29) is 28.7 Å². The number of aromatic amines is 1. The fraction of sp³-hybridized carbons (Fsp3) is 0.182. The van der Waals surface area contributed by atoms with E-state index in [4.69, 9.17) is 4.98 Å². The third-order valence-corrected chi connectivity index (χ3v) is 9.29. The van der Waals surface area contributed by atoms with Crippen molar-refractivity contribution in [1.82, 2.24) is 23.8 Å². The molecule has 6 rings (SSSR count). The number of ketones is 1. The number of nitrogens with zero attached hydrogens (tertiary/aromatic N) is 4. The number of aromatic nitrogens is 4. The Labute approximate surface area is 245 Å². The Morgan fingerprint density at radius 3 is 2.24 bits per heavy atom. The molecule has 0 atom stereocenters. The van der Waals surface area contributed by atoms with Gasteiger partial charge in [-0.1, -0.05) is 65.7 Å². The zero-order chi connectivity index (χ0) is 29.6. The lowest BCUT2D eigenvalue weighted by atomic mass is 9.99. The first-order valence-corrected chi connectivity index (χ1v) is 15.1. The normalized spacial score (nSPS) is 12.9. The minimum absolute atomic E-state index is 0.0451. The zero-order valence-electron chi connectivity index (χ0n) is 23.9. The highest BCUT2D eigenvalue weighted by Gasteiger charge is 2.24. The van der Waals surface area contributed by atoms with Crippen LogP contribution in [-0.2, 0) is 16.6 Å². The van der Waals surface area contributed by atoms with Crippen molar-refractivity contribution in [2.45, 2.75) is 39.1 Å². The molecule has 0 radical (unpaired) electrons. The van der Waals surface area contributed by atoms with Crippen LogP contribution >= 0.6 is 0 Å². The lowest BCUT2D eigenvalue weighted by Crippen LogP contribution is -2.27. The largest absolute Gasteiger partial charge is 0.364 e. The molecule has 212 valence electrons. The van der Waals surface area contributed by atoms with Crippen molar-refractivity contribution in [2.75, 3.05) is 6.54 Å². The summed E-state index contributed by atoms with van der Waals surface area (Å²) < 4.78 is 27.4. The SMILES string of the molecule is Cc1ccc(-c2ccc(-c3nc4c([nH]3)C=CN(CC(=O)c3cn(S(=O)(=O)c5ccc(C)cc5)c(C)n3)C4)c(C)c2)cc1. The third kappa shape index (κ3) is 5.19. The lowest BCUT2D eigenvalue weighted by Gasteiger charge is -2.21. The first-order chi connectivity index (χ1) is 20.1. The Hall–Kier alpha value is -4.76. The molecule has 5 aromatic rings. The van der Waals surface area contributed by atoms with Gasteiger partial charge in [0.15, 0.2) is 0 Å². The number of benzene rings is 3. The Morgan fingerprint density at radius 2 is 1.55 bits per heavy atom. The minimum atomic E-state index is -3.86. The van der Waals surface area contributed by atoms with Gasteiger partial charge in [-0.25, -0.2) is 22.4 Å². The van der Waals surface area contributed by atoms with Gasteiger partial charge in [0, 0.05) is 11.8 Å². The molecule has 0 bridgehead atoms. The molecular formula is C33H31N5O3S. The van der Waals surface area contributed by atoms with Gasteiger partial charge < -0.3 is 9.88 Å². The number of hydrogen-bond acceptors (Lipinski definition) is 6. The Bertz CT molecular complexity index is 1950. The summed E-state index contributed by atoms with van der Waals surface area (Å²) in [5.74, 6) is 0.736. The molecule has 8 nitrogen and oxygen atoms in total. The summed E-state index contributed by atoms with van der Waals surface area (Å²) in [6.07, 6.45) is 5.06. The minimum Gasteiger partial charge on any atom is -0.364 e. The second-order valence-electron chi connectivity index (χ2n) is 10.8. The summed E-state index contributed by atoms with van der Waals surface area (Å²) in [5.41, 5.74) is 8.49. The Morgan fingerprint density at radius 1 is 0.881 bits per heavy atom.